The number of fused-ring (bicyclic) bond motifs is 3. The SMILES string of the molecule is COc1ccc2cc3n(c2c1)CC(C)(C(=O)NC1CCCCCCC1)N(Cc1ccco1)C3=O. The van der Waals surface area contributed by atoms with Crippen LogP contribution < -0.4 is 10.1 Å². The first-order chi connectivity index (χ1) is 16.5. The van der Waals surface area contributed by atoms with E-state index in [1.54, 1.807) is 24.3 Å². The van der Waals surface area contributed by atoms with Crippen LogP contribution in [0.15, 0.2) is 47.1 Å². The number of carbonyl (C=O) groups is 2. The summed E-state index contributed by atoms with van der Waals surface area (Å²) in [5.41, 5.74) is 0.408. The van der Waals surface area contributed by atoms with Gasteiger partial charge in [-0.3, -0.25) is 9.59 Å². The first kappa shape index (κ1) is 22.6. The lowest BCUT2D eigenvalue weighted by molar-refractivity contribution is -0.134. The summed E-state index contributed by atoms with van der Waals surface area (Å²) in [5, 5.41) is 4.27. The molecule has 3 aromatic rings. The fourth-order valence-corrected chi connectivity index (χ4v) is 5.40. The summed E-state index contributed by atoms with van der Waals surface area (Å²) in [6.07, 6.45) is 9.54. The number of aromatic nitrogens is 1. The average molecular weight is 464 g/mol. The number of furan rings is 1. The maximum Gasteiger partial charge on any atom is 0.271 e. The van der Waals surface area contributed by atoms with Gasteiger partial charge in [-0.05, 0) is 50.1 Å². The Bertz CT molecular complexity index is 1170. The Labute approximate surface area is 200 Å². The van der Waals surface area contributed by atoms with Gasteiger partial charge in [-0.2, -0.15) is 0 Å². The summed E-state index contributed by atoms with van der Waals surface area (Å²) in [4.78, 5) is 29.4. The van der Waals surface area contributed by atoms with Gasteiger partial charge in [0.2, 0.25) is 5.91 Å². The van der Waals surface area contributed by atoms with Crippen molar-refractivity contribution in [2.45, 2.75) is 76.5 Å². The van der Waals surface area contributed by atoms with E-state index in [2.05, 4.69) is 5.32 Å². The minimum absolute atomic E-state index is 0.103. The predicted octanol–water partition coefficient (Wildman–Crippen LogP) is 4.89. The van der Waals surface area contributed by atoms with Gasteiger partial charge in [0.1, 0.15) is 22.7 Å². The lowest BCUT2D eigenvalue weighted by Crippen LogP contribution is -2.64. The van der Waals surface area contributed by atoms with Crippen molar-refractivity contribution in [3.63, 3.8) is 0 Å². The molecule has 1 aromatic carbocycles. The number of hydrogen-bond acceptors (Lipinski definition) is 4. The minimum atomic E-state index is -1.06. The number of rotatable bonds is 5. The van der Waals surface area contributed by atoms with Gasteiger partial charge in [-0.15, -0.1) is 0 Å². The number of amides is 2. The van der Waals surface area contributed by atoms with Crippen molar-refractivity contribution < 1.29 is 18.7 Å². The van der Waals surface area contributed by atoms with Gasteiger partial charge in [-0.25, -0.2) is 0 Å². The molecule has 0 radical (unpaired) electrons. The largest absolute Gasteiger partial charge is 0.497 e. The van der Waals surface area contributed by atoms with Gasteiger partial charge in [0.05, 0.1) is 32.0 Å². The van der Waals surface area contributed by atoms with E-state index in [9.17, 15) is 9.59 Å². The van der Waals surface area contributed by atoms with E-state index in [0.29, 0.717) is 18.0 Å². The van der Waals surface area contributed by atoms with Crippen molar-refractivity contribution in [2.24, 2.45) is 0 Å². The molecule has 1 unspecified atom stereocenters. The van der Waals surface area contributed by atoms with E-state index in [4.69, 9.17) is 9.15 Å². The monoisotopic (exact) mass is 463 g/mol. The van der Waals surface area contributed by atoms with Crippen LogP contribution in [0.3, 0.4) is 0 Å². The molecule has 1 saturated carbocycles. The van der Waals surface area contributed by atoms with Crippen LogP contribution in [0.1, 0.15) is 68.1 Å². The van der Waals surface area contributed by atoms with Crippen molar-refractivity contribution in [3.05, 3.63) is 54.1 Å². The van der Waals surface area contributed by atoms with Gasteiger partial charge < -0.3 is 23.9 Å². The van der Waals surface area contributed by atoms with Gasteiger partial charge in [0, 0.05) is 17.5 Å². The molecule has 180 valence electrons. The molecule has 1 N–H and O–H groups in total. The molecule has 2 aromatic heterocycles. The molecule has 7 nitrogen and oxygen atoms in total. The Balaban J connectivity index is 1.52. The number of benzene rings is 1. The van der Waals surface area contributed by atoms with Crippen LogP contribution in [0.5, 0.6) is 5.75 Å². The molecule has 0 saturated heterocycles. The van der Waals surface area contributed by atoms with Crippen LogP contribution in [-0.4, -0.2) is 40.0 Å². The number of hydrogen-bond donors (Lipinski definition) is 1. The Kier molecular flexibility index (Phi) is 6.11. The number of methoxy groups -OCH3 is 1. The Morgan fingerprint density at radius 1 is 1.15 bits per heavy atom. The summed E-state index contributed by atoms with van der Waals surface area (Å²) in [7, 11) is 1.63. The molecule has 7 heteroatoms. The molecule has 3 heterocycles. The molecular formula is C27H33N3O4. The second-order valence-electron chi connectivity index (χ2n) is 9.80. The van der Waals surface area contributed by atoms with Crippen LogP contribution in [0.2, 0.25) is 0 Å². The van der Waals surface area contributed by atoms with Gasteiger partial charge >= 0.3 is 0 Å². The van der Waals surface area contributed by atoms with E-state index < -0.39 is 5.54 Å². The fraction of sp³-hybridized carbons (Fsp3) is 0.481. The summed E-state index contributed by atoms with van der Waals surface area (Å²) in [5.74, 6) is 1.10. The molecule has 34 heavy (non-hydrogen) atoms. The van der Waals surface area contributed by atoms with Crippen molar-refractivity contribution in [2.75, 3.05) is 7.11 Å². The molecule has 1 aliphatic heterocycles. The van der Waals surface area contributed by atoms with Crippen LogP contribution >= 0.6 is 0 Å². The van der Waals surface area contributed by atoms with Gasteiger partial charge in [0.15, 0.2) is 0 Å². The number of nitrogens with zero attached hydrogens (tertiary/aromatic N) is 2. The molecule has 1 fully saturated rings. The lowest BCUT2D eigenvalue weighted by Gasteiger charge is -2.44. The van der Waals surface area contributed by atoms with Crippen LogP contribution in [0, 0.1) is 0 Å². The third-order valence-corrected chi connectivity index (χ3v) is 7.46. The maximum absolute atomic E-state index is 13.9. The fourth-order valence-electron chi connectivity index (χ4n) is 5.40. The Morgan fingerprint density at radius 2 is 1.91 bits per heavy atom. The molecule has 2 amide bonds. The number of ether oxygens (including phenoxy) is 1. The van der Waals surface area contributed by atoms with E-state index in [1.165, 1.54) is 19.3 Å². The summed E-state index contributed by atoms with van der Waals surface area (Å²) < 4.78 is 13.0. The highest BCUT2D eigenvalue weighted by atomic mass is 16.5. The predicted molar refractivity (Wildman–Crippen MR) is 130 cm³/mol. The minimum Gasteiger partial charge on any atom is -0.497 e. The van der Waals surface area contributed by atoms with E-state index in [0.717, 1.165) is 42.3 Å². The molecule has 5 rings (SSSR count). The average Bonchev–Trinajstić information content (AvgIpc) is 3.46. The van der Waals surface area contributed by atoms with Crippen LogP contribution in [0.4, 0.5) is 0 Å². The molecule has 1 atom stereocenters. The molecule has 2 aliphatic rings. The molecule has 0 spiro atoms. The normalized spacial score (nSPS) is 21.7. The maximum atomic E-state index is 13.9. The third-order valence-electron chi connectivity index (χ3n) is 7.46. The topological polar surface area (TPSA) is 76.7 Å². The molecular weight excluding hydrogens is 430 g/mol. The zero-order valence-corrected chi connectivity index (χ0v) is 20.0. The van der Waals surface area contributed by atoms with Crippen molar-refractivity contribution >= 4 is 22.7 Å². The highest BCUT2D eigenvalue weighted by Gasteiger charge is 2.48. The smallest absolute Gasteiger partial charge is 0.271 e. The standard InChI is InChI=1S/C27H33N3O4/c1-27(26(32)28-20-9-6-4-3-5-7-10-20)18-29-23-16-21(33-2)13-12-19(23)15-24(29)25(31)30(27)17-22-11-8-14-34-22/h8,11-16,20H,3-7,9-10,17-18H2,1-2H3,(H,28,32). The Hall–Kier alpha value is -3.22. The van der Waals surface area contributed by atoms with E-state index in [-0.39, 0.29) is 24.4 Å². The zero-order chi connectivity index (χ0) is 23.7. The lowest BCUT2D eigenvalue weighted by atomic mass is 9.92. The zero-order valence-electron chi connectivity index (χ0n) is 20.0. The first-order valence-corrected chi connectivity index (χ1v) is 12.3. The highest BCUT2D eigenvalue weighted by Crippen LogP contribution is 2.35. The highest BCUT2D eigenvalue weighted by molar-refractivity contribution is 6.03. The first-order valence-electron chi connectivity index (χ1n) is 12.3. The second-order valence-corrected chi connectivity index (χ2v) is 9.80. The Morgan fingerprint density at radius 3 is 2.62 bits per heavy atom. The number of nitrogens with one attached hydrogen (secondary N) is 1. The van der Waals surface area contributed by atoms with Gasteiger partial charge in [-0.1, -0.05) is 32.1 Å². The summed E-state index contributed by atoms with van der Waals surface area (Å²) in [6, 6.07) is 11.5. The molecule has 0 bridgehead atoms. The molecule has 1 aliphatic carbocycles. The van der Waals surface area contributed by atoms with E-state index in [1.807, 2.05) is 41.8 Å². The number of carbonyl (C=O) groups excluding carboxylic acids is 2. The van der Waals surface area contributed by atoms with Crippen molar-refractivity contribution in [3.8, 4) is 5.75 Å². The quantitative estimate of drug-likeness (QED) is 0.585. The second kappa shape index (κ2) is 9.20. The van der Waals surface area contributed by atoms with Crippen molar-refractivity contribution in [1.29, 1.82) is 0 Å². The summed E-state index contributed by atoms with van der Waals surface area (Å²) >= 11 is 0. The summed E-state index contributed by atoms with van der Waals surface area (Å²) in [6.45, 7) is 2.48. The van der Waals surface area contributed by atoms with Crippen LogP contribution in [-0.2, 0) is 17.9 Å². The van der Waals surface area contributed by atoms with Crippen LogP contribution in [0.25, 0.3) is 10.9 Å². The van der Waals surface area contributed by atoms with Crippen molar-refractivity contribution in [1.82, 2.24) is 14.8 Å². The third kappa shape index (κ3) is 4.08. The van der Waals surface area contributed by atoms with E-state index >= 15 is 0 Å². The van der Waals surface area contributed by atoms with Gasteiger partial charge in [0.25, 0.3) is 5.91 Å².